The summed E-state index contributed by atoms with van der Waals surface area (Å²) >= 11 is 6.02. The molecule has 3 N–H and O–H groups in total. The predicted octanol–water partition coefficient (Wildman–Crippen LogP) is 2.34. The number of aromatic amines is 1. The van der Waals surface area contributed by atoms with Crippen LogP contribution >= 0.6 is 11.6 Å². The maximum atomic E-state index is 11.8. The second kappa shape index (κ2) is 6.77. The summed E-state index contributed by atoms with van der Waals surface area (Å²) in [4.78, 5) is 15.0. The van der Waals surface area contributed by atoms with E-state index in [1.165, 1.54) is 5.56 Å². The molecule has 20 heavy (non-hydrogen) atoms. The fourth-order valence-electron chi connectivity index (χ4n) is 2.25. The highest BCUT2D eigenvalue weighted by Gasteiger charge is 2.11. The molecule has 0 fully saturated rings. The van der Waals surface area contributed by atoms with Gasteiger partial charge in [0.15, 0.2) is 0 Å². The van der Waals surface area contributed by atoms with Crippen molar-refractivity contribution in [3.05, 3.63) is 35.0 Å². The first kappa shape index (κ1) is 14.9. The Morgan fingerprint density at radius 2 is 2.25 bits per heavy atom. The minimum Gasteiger partial charge on any atom is -0.361 e. The Morgan fingerprint density at radius 3 is 3.00 bits per heavy atom. The number of rotatable bonds is 6. The van der Waals surface area contributed by atoms with Crippen LogP contribution in [0, 0.1) is 5.92 Å². The number of aromatic nitrogens is 1. The van der Waals surface area contributed by atoms with Crippen molar-refractivity contribution in [2.45, 2.75) is 13.3 Å². The van der Waals surface area contributed by atoms with Crippen LogP contribution in [-0.2, 0) is 11.2 Å². The standard InChI is InChI=1S/C15H20ClN3O/c1-10(8-17-2)15(20)18-6-5-11-9-19-14-4-3-12(16)7-13(11)14/h3-4,7,9-10,17,19H,5-6,8H2,1-2H3,(H,18,20). The van der Waals surface area contributed by atoms with E-state index in [0.29, 0.717) is 13.1 Å². The molecule has 0 aliphatic rings. The number of benzene rings is 1. The third-order valence-electron chi connectivity index (χ3n) is 3.38. The van der Waals surface area contributed by atoms with Gasteiger partial charge >= 0.3 is 0 Å². The second-order valence-corrected chi connectivity index (χ2v) is 5.44. The highest BCUT2D eigenvalue weighted by atomic mass is 35.5. The largest absolute Gasteiger partial charge is 0.361 e. The van der Waals surface area contributed by atoms with E-state index in [9.17, 15) is 4.79 Å². The monoisotopic (exact) mass is 293 g/mol. The van der Waals surface area contributed by atoms with Crippen LogP contribution in [-0.4, -0.2) is 31.0 Å². The summed E-state index contributed by atoms with van der Waals surface area (Å²) in [7, 11) is 1.85. The van der Waals surface area contributed by atoms with Gasteiger partial charge in [-0.05, 0) is 37.2 Å². The fraction of sp³-hybridized carbons (Fsp3) is 0.400. The third kappa shape index (κ3) is 3.52. The van der Waals surface area contributed by atoms with Crippen LogP contribution in [0.5, 0.6) is 0 Å². The van der Waals surface area contributed by atoms with Crippen molar-refractivity contribution in [3.63, 3.8) is 0 Å². The fourth-order valence-corrected chi connectivity index (χ4v) is 2.42. The lowest BCUT2D eigenvalue weighted by Gasteiger charge is -2.11. The molecular formula is C15H20ClN3O. The molecule has 0 aliphatic carbocycles. The summed E-state index contributed by atoms with van der Waals surface area (Å²) in [5.74, 6) is 0.0645. The molecule has 2 aromatic rings. The molecule has 4 nitrogen and oxygen atoms in total. The van der Waals surface area contributed by atoms with Crippen molar-refractivity contribution in [3.8, 4) is 0 Å². The van der Waals surface area contributed by atoms with Gasteiger partial charge < -0.3 is 15.6 Å². The summed E-state index contributed by atoms with van der Waals surface area (Å²) in [6, 6.07) is 5.79. The number of carbonyl (C=O) groups is 1. The number of hydrogen-bond donors (Lipinski definition) is 3. The summed E-state index contributed by atoms with van der Waals surface area (Å²) in [6.07, 6.45) is 2.77. The Hall–Kier alpha value is -1.52. The number of nitrogens with one attached hydrogen (secondary N) is 3. The molecule has 1 unspecified atom stereocenters. The zero-order valence-corrected chi connectivity index (χ0v) is 12.6. The summed E-state index contributed by atoms with van der Waals surface area (Å²) in [5.41, 5.74) is 2.24. The van der Waals surface area contributed by atoms with Gasteiger partial charge in [-0.2, -0.15) is 0 Å². The molecule has 0 bridgehead atoms. The highest BCUT2D eigenvalue weighted by Crippen LogP contribution is 2.22. The van der Waals surface area contributed by atoms with Crippen molar-refractivity contribution < 1.29 is 4.79 Å². The van der Waals surface area contributed by atoms with Crippen molar-refractivity contribution in [2.75, 3.05) is 20.1 Å². The summed E-state index contributed by atoms with van der Waals surface area (Å²) in [5, 5.41) is 7.81. The Balaban J connectivity index is 1.93. The lowest BCUT2D eigenvalue weighted by molar-refractivity contribution is -0.124. The molecule has 1 heterocycles. The summed E-state index contributed by atoms with van der Waals surface area (Å²) < 4.78 is 0. The van der Waals surface area contributed by atoms with Crippen LogP contribution in [0.3, 0.4) is 0 Å². The van der Waals surface area contributed by atoms with Crippen molar-refractivity contribution in [2.24, 2.45) is 5.92 Å². The Kier molecular flexibility index (Phi) is 5.04. The molecule has 5 heteroatoms. The molecule has 0 saturated carbocycles. The number of carbonyl (C=O) groups excluding carboxylic acids is 1. The first-order valence-corrected chi connectivity index (χ1v) is 7.17. The Morgan fingerprint density at radius 1 is 1.45 bits per heavy atom. The zero-order valence-electron chi connectivity index (χ0n) is 11.8. The van der Waals surface area contributed by atoms with E-state index in [-0.39, 0.29) is 11.8 Å². The average molecular weight is 294 g/mol. The van der Waals surface area contributed by atoms with Gasteiger partial charge in [-0.1, -0.05) is 18.5 Å². The molecule has 0 aliphatic heterocycles. The van der Waals surface area contributed by atoms with Gasteiger partial charge in [0.1, 0.15) is 0 Å². The Bertz CT molecular complexity index is 594. The number of hydrogen-bond acceptors (Lipinski definition) is 2. The number of fused-ring (bicyclic) bond motifs is 1. The van der Waals surface area contributed by atoms with Gasteiger partial charge in [-0.25, -0.2) is 0 Å². The highest BCUT2D eigenvalue weighted by molar-refractivity contribution is 6.31. The summed E-state index contributed by atoms with van der Waals surface area (Å²) in [6.45, 7) is 3.23. The zero-order chi connectivity index (χ0) is 14.5. The number of halogens is 1. The second-order valence-electron chi connectivity index (χ2n) is 5.00. The van der Waals surface area contributed by atoms with E-state index >= 15 is 0 Å². The molecule has 1 aromatic heterocycles. The minimum atomic E-state index is -0.0163. The van der Waals surface area contributed by atoms with Crippen LogP contribution in [0.25, 0.3) is 10.9 Å². The lowest BCUT2D eigenvalue weighted by Crippen LogP contribution is -2.35. The van der Waals surface area contributed by atoms with E-state index in [0.717, 1.165) is 22.3 Å². The van der Waals surface area contributed by atoms with Gasteiger partial charge in [0.05, 0.1) is 0 Å². The number of H-pyrrole nitrogens is 1. The molecule has 0 radical (unpaired) electrons. The van der Waals surface area contributed by atoms with E-state index in [4.69, 9.17) is 11.6 Å². The van der Waals surface area contributed by atoms with Crippen LogP contribution in [0.15, 0.2) is 24.4 Å². The lowest BCUT2D eigenvalue weighted by atomic mass is 10.1. The van der Waals surface area contributed by atoms with Gasteiger partial charge in [0.25, 0.3) is 0 Å². The average Bonchev–Trinajstić information content (AvgIpc) is 2.81. The van der Waals surface area contributed by atoms with Crippen LogP contribution < -0.4 is 10.6 Å². The normalized spacial score (nSPS) is 12.6. The van der Waals surface area contributed by atoms with Crippen molar-refractivity contribution in [1.82, 2.24) is 15.6 Å². The van der Waals surface area contributed by atoms with E-state index in [1.807, 2.05) is 38.4 Å². The molecular weight excluding hydrogens is 274 g/mol. The topological polar surface area (TPSA) is 56.9 Å². The maximum Gasteiger partial charge on any atom is 0.224 e. The Labute approximate surface area is 123 Å². The van der Waals surface area contributed by atoms with Crippen LogP contribution in [0.2, 0.25) is 5.02 Å². The van der Waals surface area contributed by atoms with E-state index in [1.54, 1.807) is 0 Å². The number of amides is 1. The first-order chi connectivity index (χ1) is 9.61. The maximum absolute atomic E-state index is 11.8. The van der Waals surface area contributed by atoms with Crippen LogP contribution in [0.1, 0.15) is 12.5 Å². The molecule has 0 spiro atoms. The molecule has 1 aromatic carbocycles. The molecule has 108 valence electrons. The van der Waals surface area contributed by atoms with Gasteiger partial charge in [0, 0.05) is 41.1 Å². The molecule has 0 saturated heterocycles. The van der Waals surface area contributed by atoms with Crippen LogP contribution in [0.4, 0.5) is 0 Å². The first-order valence-electron chi connectivity index (χ1n) is 6.79. The van der Waals surface area contributed by atoms with Crippen molar-refractivity contribution in [1.29, 1.82) is 0 Å². The molecule has 1 amide bonds. The van der Waals surface area contributed by atoms with Gasteiger partial charge in [0.2, 0.25) is 5.91 Å². The van der Waals surface area contributed by atoms with Gasteiger partial charge in [-0.3, -0.25) is 4.79 Å². The van der Waals surface area contributed by atoms with Gasteiger partial charge in [-0.15, -0.1) is 0 Å². The minimum absolute atomic E-state index is 0.0163. The third-order valence-corrected chi connectivity index (χ3v) is 3.62. The predicted molar refractivity (Wildman–Crippen MR) is 83.1 cm³/mol. The van der Waals surface area contributed by atoms with E-state index < -0.39 is 0 Å². The van der Waals surface area contributed by atoms with Crippen molar-refractivity contribution >= 4 is 28.4 Å². The molecule has 1 atom stereocenters. The smallest absolute Gasteiger partial charge is 0.224 e. The molecule has 2 rings (SSSR count). The quantitative estimate of drug-likeness (QED) is 0.766. The van der Waals surface area contributed by atoms with E-state index in [2.05, 4.69) is 15.6 Å². The SMILES string of the molecule is CNCC(C)C(=O)NCCc1c[nH]c2ccc(Cl)cc12.